The van der Waals surface area contributed by atoms with Crippen LogP contribution in [0.5, 0.6) is 0 Å². The molecule has 34 heavy (non-hydrogen) atoms. The van der Waals surface area contributed by atoms with Crippen LogP contribution in [0.1, 0.15) is 0 Å². The molecule has 22 heteroatoms. The Kier molecular flexibility index (Phi) is 27.1. The molecule has 0 aromatic rings. The Morgan fingerprint density at radius 2 is 0.647 bits per heavy atom. The van der Waals surface area contributed by atoms with Crippen LogP contribution in [0.2, 0.25) is 0 Å². The van der Waals surface area contributed by atoms with E-state index in [9.17, 15) is 59.4 Å². The fraction of sp³-hybridized carbons (Fsp3) is 0.500. The third-order valence-corrected chi connectivity index (χ3v) is 6.68. The van der Waals surface area contributed by atoms with Crippen molar-refractivity contribution in [3.05, 3.63) is 0 Å². The van der Waals surface area contributed by atoms with Crippen molar-refractivity contribution in [3.8, 4) is 0 Å². The molecular weight excluding hydrogens is 758 g/mol. The van der Waals surface area contributed by atoms with Gasteiger partial charge in [-0.25, -0.2) is 0 Å². The second kappa shape index (κ2) is 21.2. The number of aliphatic hydroxyl groups is 6. The van der Waals surface area contributed by atoms with Gasteiger partial charge in [-0.05, 0) is 0 Å². The van der Waals surface area contributed by atoms with Crippen LogP contribution < -0.4 is 169 Å². The first-order valence-electron chi connectivity index (χ1n) is 7.28. The van der Waals surface area contributed by atoms with Gasteiger partial charge in [-0.1, -0.05) is 0 Å². The van der Waals surface area contributed by atoms with Gasteiger partial charge in [0.15, 0.2) is 0 Å². The number of carboxylic acid groups (broad SMARTS) is 3. The summed E-state index contributed by atoms with van der Waals surface area (Å²) in [5, 5.41) is 86.0. The van der Waals surface area contributed by atoms with Crippen molar-refractivity contribution in [2.24, 2.45) is 0 Å². The fourth-order valence-electron chi connectivity index (χ4n) is 1.21. The van der Waals surface area contributed by atoms with Gasteiger partial charge in [0.1, 0.15) is 0 Å². The minimum Gasteiger partial charge on any atom is 1.00 e. The second-order valence-corrected chi connectivity index (χ2v) is 8.95. The van der Waals surface area contributed by atoms with Crippen LogP contribution in [0, 0.1) is 0 Å². The zero-order valence-electron chi connectivity index (χ0n) is 17.5. The Balaban J connectivity index is -0.00000150. The quantitative estimate of drug-likeness (QED) is 0.100. The molecule has 0 radical (unpaired) electrons. The fourth-order valence-corrected chi connectivity index (χ4v) is 4.62. The normalized spacial score (nSPS) is 15.3. The van der Waals surface area contributed by atoms with E-state index in [4.69, 9.17) is 15.3 Å². The summed E-state index contributed by atoms with van der Waals surface area (Å²) >= 11 is -5.57. The van der Waals surface area contributed by atoms with Crippen LogP contribution in [0.4, 0.5) is 0 Å². The van der Waals surface area contributed by atoms with Gasteiger partial charge >= 0.3 is 333 Å². The minimum absolute atomic E-state index is 0. The summed E-state index contributed by atoms with van der Waals surface area (Å²) in [4.78, 5) is 66.0. The first-order chi connectivity index (χ1) is 14.1. The van der Waals surface area contributed by atoms with Gasteiger partial charge in [0.05, 0.1) is 0 Å². The molecule has 176 valence electrons. The van der Waals surface area contributed by atoms with E-state index in [1.807, 2.05) is 0 Å². The molecular formula is C12H12BiK3O18. The van der Waals surface area contributed by atoms with Crippen LogP contribution in [-0.4, -0.2) is 126 Å². The molecule has 0 bridgehead atoms. The predicted molar refractivity (Wildman–Crippen MR) is 75.1 cm³/mol. The maximum Gasteiger partial charge on any atom is 1.00 e. The number of carbonyl (C=O) groups is 6. The van der Waals surface area contributed by atoms with Crippen molar-refractivity contribution in [1.82, 2.24) is 0 Å². The summed E-state index contributed by atoms with van der Waals surface area (Å²) in [6.07, 6.45) is -17.5. The second-order valence-electron chi connectivity index (χ2n) is 5.08. The molecule has 0 aliphatic heterocycles. The van der Waals surface area contributed by atoms with Crippen LogP contribution in [0.25, 0.3) is 0 Å². The van der Waals surface area contributed by atoms with E-state index < -0.39 is 95.5 Å². The van der Waals surface area contributed by atoms with Gasteiger partial charge in [-0.2, -0.15) is 0 Å². The summed E-state index contributed by atoms with van der Waals surface area (Å²) in [5.41, 5.74) is 0. The van der Waals surface area contributed by atoms with E-state index >= 15 is 0 Å². The zero-order valence-corrected chi connectivity index (χ0v) is 30.3. The number of hydrogen-bond donors (Lipinski definition) is 6. The van der Waals surface area contributed by atoms with Crippen LogP contribution in [0.15, 0.2) is 0 Å². The molecule has 6 atom stereocenters. The van der Waals surface area contributed by atoms with Crippen molar-refractivity contribution in [1.29, 1.82) is 0 Å². The topological polar surface area (TPSA) is 321 Å². The largest absolute Gasteiger partial charge is 1.00 e. The maximum absolute atomic E-state index is 11.6. The first-order valence-corrected chi connectivity index (χ1v) is 11.5. The molecule has 0 saturated carbocycles. The van der Waals surface area contributed by atoms with Gasteiger partial charge in [-0.15, -0.1) is 0 Å². The van der Waals surface area contributed by atoms with E-state index in [0.717, 1.165) is 0 Å². The average molecular weight is 770 g/mol. The van der Waals surface area contributed by atoms with Gasteiger partial charge < -0.3 is 0 Å². The smallest absolute Gasteiger partial charge is 1.00 e. The van der Waals surface area contributed by atoms with E-state index in [1.54, 1.807) is 0 Å². The Hall–Kier alpha value is 2.37. The van der Waals surface area contributed by atoms with E-state index in [2.05, 4.69) is 8.44 Å². The Labute approximate surface area is 325 Å². The molecule has 6 N–H and O–H groups in total. The summed E-state index contributed by atoms with van der Waals surface area (Å²) < 4.78 is 12.5. The molecule has 18 nitrogen and oxygen atoms in total. The van der Waals surface area contributed by atoms with Crippen molar-refractivity contribution >= 4 is 58.9 Å². The molecule has 0 heterocycles. The molecule has 0 fully saturated rings. The zero-order chi connectivity index (χ0) is 24.6. The first kappa shape index (κ1) is 43.4. The average Bonchev–Trinajstić information content (AvgIpc) is 2.69. The molecule has 0 unspecified atom stereocenters. The van der Waals surface area contributed by atoms with Crippen molar-refractivity contribution in [2.75, 3.05) is 0 Å². The molecule has 0 amide bonds. The molecule has 0 spiro atoms. The molecule has 0 aromatic carbocycles. The molecule has 0 aliphatic rings. The molecule has 0 saturated heterocycles. The van der Waals surface area contributed by atoms with Gasteiger partial charge in [-0.3, -0.25) is 0 Å². The van der Waals surface area contributed by atoms with Crippen LogP contribution >= 0.6 is 0 Å². The monoisotopic (exact) mass is 770 g/mol. The summed E-state index contributed by atoms with van der Waals surface area (Å²) in [7, 11) is 0. The predicted octanol–water partition coefficient (Wildman–Crippen LogP) is -20.0. The number of carbonyl (C=O) groups excluding carboxylic acids is 6. The number of carboxylic acids is 3. The minimum atomic E-state index is -5.57. The summed E-state index contributed by atoms with van der Waals surface area (Å²) in [5.74, 6) is -13.5. The summed E-state index contributed by atoms with van der Waals surface area (Å²) in [6.45, 7) is 0. The molecule has 0 rings (SSSR count). The van der Waals surface area contributed by atoms with Gasteiger partial charge in [0, 0.05) is 0 Å². The molecule has 0 aliphatic carbocycles. The van der Waals surface area contributed by atoms with Crippen molar-refractivity contribution < 1.29 is 237 Å². The summed E-state index contributed by atoms with van der Waals surface area (Å²) in [6, 6.07) is 0. The molecule has 0 aromatic heterocycles. The Morgan fingerprint density at radius 1 is 0.471 bits per heavy atom. The standard InChI is InChI=1S/3C4H6O6.Bi.3K/c3*5-1(3(7)8)2(6)4(9)10;;;;/h3*1-2,5-6H,(H,7,8)(H,9,10);;;;/q;;;+3;3*+1/p-6/t3*1-,2-;;;;/m110..../s1. The SMILES string of the molecule is O=C([O-])[C@@H](O)[C@H](O)C(=O)[O][Bi]([O]C(=O)[C@H](O)[C@@H](O)C(=O)[O-])[O]C(=O)[C@H](O)[C@@H](O)C(=O)[O-].[K+].[K+].[K+]. The van der Waals surface area contributed by atoms with E-state index in [-0.39, 0.29) is 154 Å². The van der Waals surface area contributed by atoms with Crippen molar-refractivity contribution in [2.45, 2.75) is 36.6 Å². The van der Waals surface area contributed by atoms with Crippen LogP contribution in [-0.2, 0) is 37.2 Å². The Morgan fingerprint density at radius 3 is 0.794 bits per heavy atom. The van der Waals surface area contributed by atoms with Crippen molar-refractivity contribution in [3.63, 3.8) is 0 Å². The number of aliphatic carboxylic acids is 3. The third-order valence-electron chi connectivity index (χ3n) is 2.84. The number of aliphatic hydroxyl groups excluding tert-OH is 6. The number of rotatable bonds is 12. The van der Waals surface area contributed by atoms with E-state index in [1.165, 1.54) is 0 Å². The third kappa shape index (κ3) is 15.1. The van der Waals surface area contributed by atoms with Gasteiger partial charge in [0.25, 0.3) is 0 Å². The van der Waals surface area contributed by atoms with Crippen LogP contribution in [0.3, 0.4) is 0 Å². The Bertz CT molecular complexity index is 640. The maximum atomic E-state index is 11.6. The van der Waals surface area contributed by atoms with E-state index in [0.29, 0.717) is 0 Å². The number of hydrogen-bond acceptors (Lipinski definition) is 18. The van der Waals surface area contributed by atoms with Gasteiger partial charge in [0.2, 0.25) is 0 Å².